The maximum absolute atomic E-state index is 8.91. The van der Waals surface area contributed by atoms with Gasteiger partial charge in [0.15, 0.2) is 0 Å². The van der Waals surface area contributed by atoms with Crippen molar-refractivity contribution < 1.29 is 4.74 Å². The standard InChI is InChI=1S/C18H19NO/c1-18(2,3)16-9-4-5-10-17(16)20-13-15-8-6-7-14(11-15)12-19/h4-11H,13H2,1-3H3. The molecule has 0 saturated heterocycles. The molecular weight excluding hydrogens is 246 g/mol. The molecule has 0 spiro atoms. The third-order valence-electron chi connectivity index (χ3n) is 3.15. The van der Waals surface area contributed by atoms with Crippen LogP contribution in [0.3, 0.4) is 0 Å². The van der Waals surface area contributed by atoms with Crippen molar-refractivity contribution >= 4 is 0 Å². The van der Waals surface area contributed by atoms with Crippen molar-refractivity contribution in [1.82, 2.24) is 0 Å². The highest BCUT2D eigenvalue weighted by atomic mass is 16.5. The van der Waals surface area contributed by atoms with Gasteiger partial charge in [0.1, 0.15) is 12.4 Å². The van der Waals surface area contributed by atoms with E-state index in [4.69, 9.17) is 10.00 Å². The van der Waals surface area contributed by atoms with E-state index in [2.05, 4.69) is 32.9 Å². The van der Waals surface area contributed by atoms with Crippen LogP contribution in [0.25, 0.3) is 0 Å². The minimum atomic E-state index is 0.0467. The number of hydrogen-bond acceptors (Lipinski definition) is 2. The highest BCUT2D eigenvalue weighted by Crippen LogP contribution is 2.31. The molecule has 0 N–H and O–H groups in total. The van der Waals surface area contributed by atoms with Gasteiger partial charge in [0, 0.05) is 0 Å². The van der Waals surface area contributed by atoms with E-state index in [0.29, 0.717) is 12.2 Å². The molecule has 0 bridgehead atoms. The molecule has 0 amide bonds. The third-order valence-corrected chi connectivity index (χ3v) is 3.15. The lowest BCUT2D eigenvalue weighted by atomic mass is 9.86. The van der Waals surface area contributed by atoms with Crippen LogP contribution in [0.2, 0.25) is 0 Å². The van der Waals surface area contributed by atoms with Gasteiger partial charge in [-0.05, 0) is 34.7 Å². The van der Waals surface area contributed by atoms with Crippen LogP contribution in [-0.2, 0) is 12.0 Å². The first-order valence-electron chi connectivity index (χ1n) is 6.72. The molecule has 2 rings (SSSR count). The summed E-state index contributed by atoms with van der Waals surface area (Å²) in [6, 6.07) is 17.8. The van der Waals surface area contributed by atoms with Crippen LogP contribution < -0.4 is 4.74 Å². The van der Waals surface area contributed by atoms with Gasteiger partial charge in [-0.25, -0.2) is 0 Å². The molecule has 0 aliphatic heterocycles. The lowest BCUT2D eigenvalue weighted by molar-refractivity contribution is 0.297. The molecule has 2 aromatic carbocycles. The molecule has 0 aliphatic rings. The van der Waals surface area contributed by atoms with Crippen molar-refractivity contribution in [2.45, 2.75) is 32.8 Å². The Labute approximate surface area is 120 Å². The van der Waals surface area contributed by atoms with E-state index in [0.717, 1.165) is 11.3 Å². The van der Waals surface area contributed by atoms with Crippen LogP contribution in [0.5, 0.6) is 5.75 Å². The second kappa shape index (κ2) is 5.79. The number of nitrogens with zero attached hydrogens (tertiary/aromatic N) is 1. The molecule has 0 aromatic heterocycles. The maximum Gasteiger partial charge on any atom is 0.123 e. The highest BCUT2D eigenvalue weighted by molar-refractivity contribution is 5.39. The summed E-state index contributed by atoms with van der Waals surface area (Å²) in [6.45, 7) is 6.99. The van der Waals surface area contributed by atoms with Crippen LogP contribution in [0.15, 0.2) is 48.5 Å². The monoisotopic (exact) mass is 265 g/mol. The summed E-state index contributed by atoms with van der Waals surface area (Å²) < 4.78 is 5.94. The van der Waals surface area contributed by atoms with Crippen LogP contribution in [0, 0.1) is 11.3 Å². The maximum atomic E-state index is 8.91. The Morgan fingerprint density at radius 1 is 1.05 bits per heavy atom. The molecule has 2 aromatic rings. The van der Waals surface area contributed by atoms with Gasteiger partial charge in [0.05, 0.1) is 11.6 Å². The lowest BCUT2D eigenvalue weighted by Gasteiger charge is -2.22. The molecule has 20 heavy (non-hydrogen) atoms. The van der Waals surface area contributed by atoms with E-state index in [9.17, 15) is 0 Å². The van der Waals surface area contributed by atoms with Crippen LogP contribution in [0.4, 0.5) is 0 Å². The third kappa shape index (κ3) is 3.39. The zero-order valence-electron chi connectivity index (χ0n) is 12.2. The normalized spacial score (nSPS) is 10.9. The molecule has 0 fully saturated rings. The average Bonchev–Trinajstić information content (AvgIpc) is 2.44. The van der Waals surface area contributed by atoms with Crippen LogP contribution >= 0.6 is 0 Å². The number of nitriles is 1. The molecule has 2 heteroatoms. The van der Waals surface area contributed by atoms with E-state index in [1.165, 1.54) is 5.56 Å². The van der Waals surface area contributed by atoms with Crippen molar-refractivity contribution in [3.05, 3.63) is 65.2 Å². The molecule has 0 saturated carbocycles. The summed E-state index contributed by atoms with van der Waals surface area (Å²) in [5.41, 5.74) is 2.91. The van der Waals surface area contributed by atoms with E-state index >= 15 is 0 Å². The second-order valence-corrected chi connectivity index (χ2v) is 5.85. The predicted octanol–water partition coefficient (Wildman–Crippen LogP) is 4.43. The van der Waals surface area contributed by atoms with Gasteiger partial charge in [-0.1, -0.05) is 51.1 Å². The van der Waals surface area contributed by atoms with E-state index in [1.807, 2.05) is 36.4 Å². The summed E-state index contributed by atoms with van der Waals surface area (Å²) in [5, 5.41) is 8.91. The summed E-state index contributed by atoms with van der Waals surface area (Å²) in [4.78, 5) is 0. The number of rotatable bonds is 3. The summed E-state index contributed by atoms with van der Waals surface area (Å²) in [7, 11) is 0. The molecule has 2 nitrogen and oxygen atoms in total. The highest BCUT2D eigenvalue weighted by Gasteiger charge is 2.18. The summed E-state index contributed by atoms with van der Waals surface area (Å²) in [6.07, 6.45) is 0. The Hall–Kier alpha value is -2.27. The van der Waals surface area contributed by atoms with Crippen LogP contribution in [0.1, 0.15) is 37.5 Å². The van der Waals surface area contributed by atoms with Gasteiger partial charge in [-0.3, -0.25) is 0 Å². The second-order valence-electron chi connectivity index (χ2n) is 5.85. The molecule has 0 aliphatic carbocycles. The topological polar surface area (TPSA) is 33.0 Å². The van der Waals surface area contributed by atoms with Crippen molar-refractivity contribution in [2.75, 3.05) is 0 Å². The lowest BCUT2D eigenvalue weighted by Crippen LogP contribution is -2.13. The van der Waals surface area contributed by atoms with Gasteiger partial charge in [0.25, 0.3) is 0 Å². The van der Waals surface area contributed by atoms with Gasteiger partial charge in [-0.15, -0.1) is 0 Å². The molecule has 0 unspecified atom stereocenters. The van der Waals surface area contributed by atoms with Gasteiger partial charge < -0.3 is 4.74 Å². The minimum Gasteiger partial charge on any atom is -0.489 e. The fourth-order valence-corrected chi connectivity index (χ4v) is 2.10. The summed E-state index contributed by atoms with van der Waals surface area (Å²) >= 11 is 0. The minimum absolute atomic E-state index is 0.0467. The van der Waals surface area contributed by atoms with Crippen molar-refractivity contribution in [3.63, 3.8) is 0 Å². The number of hydrogen-bond donors (Lipinski definition) is 0. The molecule has 0 heterocycles. The smallest absolute Gasteiger partial charge is 0.123 e. The molecular formula is C18H19NO. The Morgan fingerprint density at radius 3 is 2.50 bits per heavy atom. The first kappa shape index (κ1) is 14.1. The fourth-order valence-electron chi connectivity index (χ4n) is 2.10. The van der Waals surface area contributed by atoms with Crippen molar-refractivity contribution in [2.24, 2.45) is 0 Å². The summed E-state index contributed by atoms with van der Waals surface area (Å²) in [5.74, 6) is 0.905. The average molecular weight is 265 g/mol. The van der Waals surface area contributed by atoms with E-state index < -0.39 is 0 Å². The van der Waals surface area contributed by atoms with Gasteiger partial charge in [0.2, 0.25) is 0 Å². The number of ether oxygens (including phenoxy) is 1. The zero-order chi connectivity index (χ0) is 14.6. The van der Waals surface area contributed by atoms with Gasteiger partial charge >= 0.3 is 0 Å². The predicted molar refractivity (Wildman–Crippen MR) is 80.6 cm³/mol. The largest absolute Gasteiger partial charge is 0.489 e. The molecule has 0 radical (unpaired) electrons. The van der Waals surface area contributed by atoms with Crippen LogP contribution in [-0.4, -0.2) is 0 Å². The molecule has 102 valence electrons. The zero-order valence-corrected chi connectivity index (χ0v) is 12.2. The Balaban J connectivity index is 2.17. The Kier molecular flexibility index (Phi) is 4.10. The Bertz CT molecular complexity index is 632. The number of benzene rings is 2. The number of para-hydroxylation sites is 1. The van der Waals surface area contributed by atoms with E-state index in [1.54, 1.807) is 6.07 Å². The fraction of sp³-hybridized carbons (Fsp3) is 0.278. The Morgan fingerprint density at radius 2 is 1.80 bits per heavy atom. The first-order valence-corrected chi connectivity index (χ1v) is 6.72. The first-order chi connectivity index (χ1) is 9.50. The molecule has 0 atom stereocenters. The van der Waals surface area contributed by atoms with Crippen molar-refractivity contribution in [3.8, 4) is 11.8 Å². The van der Waals surface area contributed by atoms with Crippen molar-refractivity contribution in [1.29, 1.82) is 5.26 Å². The van der Waals surface area contributed by atoms with E-state index in [-0.39, 0.29) is 5.41 Å². The SMILES string of the molecule is CC(C)(C)c1ccccc1OCc1cccc(C#N)c1. The quantitative estimate of drug-likeness (QED) is 0.822. The van der Waals surface area contributed by atoms with Gasteiger partial charge in [-0.2, -0.15) is 5.26 Å².